The van der Waals surface area contributed by atoms with Gasteiger partial charge in [0.1, 0.15) is 0 Å². The summed E-state index contributed by atoms with van der Waals surface area (Å²) >= 11 is 0. The van der Waals surface area contributed by atoms with E-state index in [0.29, 0.717) is 12.1 Å². The van der Waals surface area contributed by atoms with E-state index in [9.17, 15) is 0 Å². The minimum absolute atomic E-state index is 0.208. The molecule has 0 aromatic heterocycles. The molecule has 4 nitrogen and oxygen atoms in total. The smallest absolute Gasteiger partial charge is 0.0961 e. The van der Waals surface area contributed by atoms with E-state index in [1.54, 1.807) is 0 Å². The van der Waals surface area contributed by atoms with Crippen LogP contribution in [0.15, 0.2) is 0 Å². The Kier molecular flexibility index (Phi) is 5.03. The molecule has 2 heterocycles. The third-order valence-electron chi connectivity index (χ3n) is 3.48. The van der Waals surface area contributed by atoms with Crippen LogP contribution in [-0.2, 0) is 14.2 Å². The molecular formula is C12H23NO3. The van der Waals surface area contributed by atoms with E-state index in [2.05, 4.69) is 5.32 Å². The highest BCUT2D eigenvalue weighted by Crippen LogP contribution is 2.19. The monoisotopic (exact) mass is 229 g/mol. The third-order valence-corrected chi connectivity index (χ3v) is 3.48. The zero-order valence-electron chi connectivity index (χ0n) is 10.1. The van der Waals surface area contributed by atoms with Gasteiger partial charge in [-0.1, -0.05) is 0 Å². The van der Waals surface area contributed by atoms with Crippen molar-refractivity contribution in [3.63, 3.8) is 0 Å². The maximum Gasteiger partial charge on any atom is 0.0961 e. The molecule has 0 aliphatic carbocycles. The summed E-state index contributed by atoms with van der Waals surface area (Å²) in [6, 6.07) is 0.393. The van der Waals surface area contributed by atoms with Crippen LogP contribution in [0.2, 0.25) is 0 Å². The largest absolute Gasteiger partial charge is 0.378 e. The summed E-state index contributed by atoms with van der Waals surface area (Å²) in [4.78, 5) is 0. The number of nitrogens with one attached hydrogen (secondary N) is 1. The Morgan fingerprint density at radius 1 is 1.25 bits per heavy atom. The van der Waals surface area contributed by atoms with Gasteiger partial charge in [0.15, 0.2) is 0 Å². The van der Waals surface area contributed by atoms with Crippen LogP contribution in [0.3, 0.4) is 0 Å². The molecule has 0 aromatic carbocycles. The van der Waals surface area contributed by atoms with Gasteiger partial charge in [0.25, 0.3) is 0 Å². The van der Waals surface area contributed by atoms with E-state index in [4.69, 9.17) is 14.2 Å². The van der Waals surface area contributed by atoms with Gasteiger partial charge in [-0.15, -0.1) is 0 Å². The highest BCUT2D eigenvalue weighted by Gasteiger charge is 2.25. The van der Waals surface area contributed by atoms with Crippen molar-refractivity contribution < 1.29 is 14.2 Å². The van der Waals surface area contributed by atoms with Crippen LogP contribution >= 0.6 is 0 Å². The normalized spacial score (nSPS) is 32.8. The topological polar surface area (TPSA) is 39.7 Å². The van der Waals surface area contributed by atoms with Crippen LogP contribution in [0, 0.1) is 0 Å². The van der Waals surface area contributed by atoms with Gasteiger partial charge in [-0.25, -0.2) is 0 Å². The van der Waals surface area contributed by atoms with E-state index in [-0.39, 0.29) is 6.10 Å². The molecule has 2 fully saturated rings. The van der Waals surface area contributed by atoms with Crippen LogP contribution in [-0.4, -0.2) is 51.7 Å². The van der Waals surface area contributed by atoms with Crippen LogP contribution in [0.5, 0.6) is 0 Å². The van der Waals surface area contributed by atoms with Crippen molar-refractivity contribution in [3.05, 3.63) is 0 Å². The van der Waals surface area contributed by atoms with Crippen LogP contribution in [0.4, 0.5) is 0 Å². The first-order valence-electron chi connectivity index (χ1n) is 6.38. The summed E-state index contributed by atoms with van der Waals surface area (Å²) in [6.07, 6.45) is 5.36. The van der Waals surface area contributed by atoms with Crippen molar-refractivity contribution in [3.8, 4) is 0 Å². The molecule has 94 valence electrons. The van der Waals surface area contributed by atoms with Gasteiger partial charge in [-0.3, -0.25) is 0 Å². The molecule has 2 saturated heterocycles. The van der Waals surface area contributed by atoms with Crippen LogP contribution < -0.4 is 5.32 Å². The van der Waals surface area contributed by atoms with Crippen molar-refractivity contribution in [2.45, 2.75) is 43.9 Å². The Morgan fingerprint density at radius 3 is 2.81 bits per heavy atom. The van der Waals surface area contributed by atoms with E-state index in [0.717, 1.165) is 39.3 Å². The van der Waals surface area contributed by atoms with Crippen molar-refractivity contribution >= 4 is 0 Å². The fourth-order valence-electron chi connectivity index (χ4n) is 2.49. The van der Waals surface area contributed by atoms with Gasteiger partial charge in [0, 0.05) is 12.6 Å². The van der Waals surface area contributed by atoms with E-state index >= 15 is 0 Å². The Morgan fingerprint density at radius 2 is 2.19 bits per heavy atom. The lowest BCUT2D eigenvalue weighted by Gasteiger charge is -2.30. The first-order chi connectivity index (χ1) is 7.90. The molecule has 0 spiro atoms. The molecule has 0 radical (unpaired) electrons. The number of rotatable bonds is 5. The second-order valence-electron chi connectivity index (χ2n) is 4.59. The molecule has 4 heteroatoms. The van der Waals surface area contributed by atoms with Gasteiger partial charge in [0.2, 0.25) is 0 Å². The molecule has 2 aliphatic rings. The summed E-state index contributed by atoms with van der Waals surface area (Å²) < 4.78 is 16.8. The van der Waals surface area contributed by atoms with Crippen molar-refractivity contribution in [1.82, 2.24) is 5.32 Å². The fourth-order valence-corrected chi connectivity index (χ4v) is 2.49. The van der Waals surface area contributed by atoms with Crippen LogP contribution in [0.1, 0.15) is 25.7 Å². The summed E-state index contributed by atoms with van der Waals surface area (Å²) in [5, 5.41) is 3.34. The SMILES string of the molecule is CNC(CCC1CCCO1)C1COCCO1. The highest BCUT2D eigenvalue weighted by molar-refractivity contribution is 4.79. The average molecular weight is 229 g/mol. The molecule has 2 rings (SSSR count). The Bertz CT molecular complexity index is 189. The molecular weight excluding hydrogens is 206 g/mol. The second kappa shape index (κ2) is 6.55. The van der Waals surface area contributed by atoms with Gasteiger partial charge >= 0.3 is 0 Å². The molecule has 0 saturated carbocycles. The van der Waals surface area contributed by atoms with Crippen LogP contribution in [0.25, 0.3) is 0 Å². The van der Waals surface area contributed by atoms with Gasteiger partial charge in [0.05, 0.1) is 32.0 Å². The summed E-state index contributed by atoms with van der Waals surface area (Å²) in [7, 11) is 2.00. The molecule has 1 N–H and O–H groups in total. The summed E-state index contributed by atoms with van der Waals surface area (Å²) in [5.41, 5.74) is 0. The summed E-state index contributed by atoms with van der Waals surface area (Å²) in [5.74, 6) is 0. The van der Waals surface area contributed by atoms with Gasteiger partial charge in [-0.2, -0.15) is 0 Å². The van der Waals surface area contributed by atoms with E-state index < -0.39 is 0 Å². The van der Waals surface area contributed by atoms with Crippen molar-refractivity contribution in [1.29, 1.82) is 0 Å². The van der Waals surface area contributed by atoms with Crippen molar-refractivity contribution in [2.75, 3.05) is 33.5 Å². The van der Waals surface area contributed by atoms with E-state index in [1.807, 2.05) is 7.05 Å². The average Bonchev–Trinajstić information content (AvgIpc) is 2.84. The van der Waals surface area contributed by atoms with Gasteiger partial charge in [-0.05, 0) is 32.7 Å². The predicted octanol–water partition coefficient (Wildman–Crippen LogP) is 0.949. The number of hydrogen-bond donors (Lipinski definition) is 1. The maximum atomic E-state index is 5.72. The molecule has 0 amide bonds. The minimum Gasteiger partial charge on any atom is -0.378 e. The lowest BCUT2D eigenvalue weighted by molar-refractivity contribution is -0.102. The lowest BCUT2D eigenvalue weighted by atomic mass is 10.0. The maximum absolute atomic E-state index is 5.72. The number of likely N-dealkylation sites (N-methyl/N-ethyl adjacent to an activating group) is 1. The fraction of sp³-hybridized carbons (Fsp3) is 1.00. The predicted molar refractivity (Wildman–Crippen MR) is 61.6 cm³/mol. The Labute approximate surface area is 97.6 Å². The quantitative estimate of drug-likeness (QED) is 0.762. The highest BCUT2D eigenvalue weighted by atomic mass is 16.6. The standard InChI is InChI=1S/C12H23NO3/c1-13-11(12-9-14-7-8-16-12)5-4-10-3-2-6-15-10/h10-13H,2-9H2,1H3. The Balaban J connectivity index is 1.70. The summed E-state index contributed by atoms with van der Waals surface area (Å²) in [6.45, 7) is 3.12. The van der Waals surface area contributed by atoms with Gasteiger partial charge < -0.3 is 19.5 Å². The molecule has 3 unspecified atom stereocenters. The first kappa shape index (κ1) is 12.3. The van der Waals surface area contributed by atoms with Crippen molar-refractivity contribution in [2.24, 2.45) is 0 Å². The first-order valence-corrected chi connectivity index (χ1v) is 6.38. The zero-order valence-corrected chi connectivity index (χ0v) is 10.1. The molecule has 0 bridgehead atoms. The number of hydrogen-bond acceptors (Lipinski definition) is 4. The zero-order chi connectivity index (χ0) is 11.2. The lowest BCUT2D eigenvalue weighted by Crippen LogP contribution is -2.45. The second-order valence-corrected chi connectivity index (χ2v) is 4.59. The molecule has 0 aromatic rings. The number of ether oxygens (including phenoxy) is 3. The van der Waals surface area contributed by atoms with E-state index in [1.165, 1.54) is 12.8 Å². The minimum atomic E-state index is 0.208. The molecule has 2 aliphatic heterocycles. The molecule has 16 heavy (non-hydrogen) atoms. The molecule has 3 atom stereocenters. The third kappa shape index (κ3) is 3.42. The Hall–Kier alpha value is -0.160.